The summed E-state index contributed by atoms with van der Waals surface area (Å²) in [5, 5.41) is 14.4. The summed E-state index contributed by atoms with van der Waals surface area (Å²) in [7, 11) is 1.50. The Hall–Kier alpha value is -4.19. The molecule has 0 atom stereocenters. The van der Waals surface area contributed by atoms with E-state index in [9.17, 15) is 27.9 Å². The van der Waals surface area contributed by atoms with E-state index in [-0.39, 0.29) is 46.3 Å². The maximum absolute atomic E-state index is 14.3. The number of piperidine rings is 1. The molecule has 0 bridgehead atoms. The van der Waals surface area contributed by atoms with Crippen LogP contribution in [-0.4, -0.2) is 41.6 Å². The minimum Gasteiger partial charge on any atom is -0.507 e. The van der Waals surface area contributed by atoms with Gasteiger partial charge in [-0.2, -0.15) is 13.2 Å². The van der Waals surface area contributed by atoms with Crippen molar-refractivity contribution < 1.29 is 27.8 Å². The number of halogens is 3. The Labute approximate surface area is 233 Å². The summed E-state index contributed by atoms with van der Waals surface area (Å²) in [5.41, 5.74) is -1.05. The van der Waals surface area contributed by atoms with Crippen molar-refractivity contribution in [1.29, 1.82) is 0 Å². The predicted octanol–water partition coefficient (Wildman–Crippen LogP) is 5.05. The number of aromatic hydroxyl groups is 1. The monoisotopic (exact) mass is 569 g/mol. The van der Waals surface area contributed by atoms with Gasteiger partial charge in [-0.3, -0.25) is 14.0 Å². The van der Waals surface area contributed by atoms with Crippen LogP contribution in [-0.2, 0) is 18.0 Å². The lowest BCUT2D eigenvalue weighted by Crippen LogP contribution is -2.57. The lowest BCUT2D eigenvalue weighted by molar-refractivity contribution is -0.139. The van der Waals surface area contributed by atoms with Crippen LogP contribution in [0.5, 0.6) is 11.5 Å². The maximum Gasteiger partial charge on any atom is 0.419 e. The van der Waals surface area contributed by atoms with E-state index in [1.165, 1.54) is 40.5 Å². The van der Waals surface area contributed by atoms with Gasteiger partial charge in [0, 0.05) is 53.8 Å². The Morgan fingerprint density at radius 1 is 1.07 bits per heavy atom. The van der Waals surface area contributed by atoms with Crippen LogP contribution >= 0.6 is 0 Å². The number of phenols is 1. The second-order valence-corrected chi connectivity index (χ2v) is 11.8. The smallest absolute Gasteiger partial charge is 0.419 e. The Bertz CT molecular complexity index is 1710. The number of ether oxygens (including phenoxy) is 1. The number of nitrogens with zero attached hydrogens (tertiary/aromatic N) is 4. The van der Waals surface area contributed by atoms with Gasteiger partial charge in [0.05, 0.1) is 17.0 Å². The van der Waals surface area contributed by atoms with E-state index in [4.69, 9.17) is 4.74 Å². The van der Waals surface area contributed by atoms with Gasteiger partial charge in [0.25, 0.3) is 12.0 Å². The first-order valence-electron chi connectivity index (χ1n) is 13.0. The minimum atomic E-state index is -4.63. The molecule has 0 amide bonds. The molecule has 1 aliphatic heterocycles. The number of rotatable bonds is 5. The Morgan fingerprint density at radius 2 is 1.76 bits per heavy atom. The Morgan fingerprint density at radius 3 is 2.37 bits per heavy atom. The molecule has 2 N–H and O–H groups in total. The van der Waals surface area contributed by atoms with Crippen molar-refractivity contribution in [3.63, 3.8) is 0 Å². The van der Waals surface area contributed by atoms with Crippen LogP contribution in [0.15, 0.2) is 47.7 Å². The molecule has 0 saturated carbocycles. The molecule has 1 aromatic carbocycles. The molecule has 0 aliphatic carbocycles. The number of imidazole rings is 1. The molecule has 1 aliphatic rings. The first-order chi connectivity index (χ1) is 19.1. The third-order valence-electron chi connectivity index (χ3n) is 7.33. The average Bonchev–Trinajstić information content (AvgIpc) is 3.27. The zero-order valence-corrected chi connectivity index (χ0v) is 23.2. The molecule has 4 heterocycles. The van der Waals surface area contributed by atoms with Gasteiger partial charge in [-0.25, -0.2) is 9.97 Å². The van der Waals surface area contributed by atoms with Crippen molar-refractivity contribution in [2.75, 3.05) is 0 Å². The van der Waals surface area contributed by atoms with E-state index in [0.717, 1.165) is 6.20 Å². The van der Waals surface area contributed by atoms with Gasteiger partial charge < -0.3 is 19.7 Å². The fourth-order valence-corrected chi connectivity index (χ4v) is 6.02. The molecule has 3 aromatic heterocycles. The largest absolute Gasteiger partial charge is 0.507 e. The van der Waals surface area contributed by atoms with E-state index in [1.54, 1.807) is 12.1 Å². The van der Waals surface area contributed by atoms with Crippen molar-refractivity contribution >= 4 is 12.2 Å². The highest BCUT2D eigenvalue weighted by Crippen LogP contribution is 2.43. The highest BCUT2D eigenvalue weighted by Gasteiger charge is 2.43. The second-order valence-electron chi connectivity index (χ2n) is 11.8. The molecule has 12 heteroatoms. The number of carbonyl (C=O) groups is 1. The summed E-state index contributed by atoms with van der Waals surface area (Å²) >= 11 is 0. The summed E-state index contributed by atoms with van der Waals surface area (Å²) in [4.78, 5) is 32.3. The number of nitrogens with one attached hydrogen (secondary N) is 1. The Balaban J connectivity index is 1.59. The average molecular weight is 570 g/mol. The molecule has 41 heavy (non-hydrogen) atoms. The lowest BCUT2D eigenvalue weighted by Gasteiger charge is -2.46. The molecule has 5 rings (SSSR count). The zero-order valence-electron chi connectivity index (χ0n) is 23.2. The number of benzene rings is 1. The summed E-state index contributed by atoms with van der Waals surface area (Å²) in [5.74, 6) is -0.807. The normalized spacial score (nSPS) is 17.1. The summed E-state index contributed by atoms with van der Waals surface area (Å²) in [6.07, 6.45) is 0.191. The first-order valence-corrected chi connectivity index (χ1v) is 13.0. The highest BCUT2D eigenvalue weighted by molar-refractivity contribution is 5.78. The van der Waals surface area contributed by atoms with Crippen molar-refractivity contribution in [3.8, 4) is 33.9 Å². The van der Waals surface area contributed by atoms with E-state index >= 15 is 0 Å². The fraction of sp³-hybridized carbons (Fsp3) is 0.379. The fourth-order valence-electron chi connectivity index (χ4n) is 6.02. The van der Waals surface area contributed by atoms with Gasteiger partial charge in [0.1, 0.15) is 5.75 Å². The topological polar surface area (TPSA) is 111 Å². The van der Waals surface area contributed by atoms with Crippen LogP contribution in [0.4, 0.5) is 13.2 Å². The zero-order chi connectivity index (χ0) is 29.9. The summed E-state index contributed by atoms with van der Waals surface area (Å²) in [6, 6.07) is 6.04. The molecule has 1 saturated heterocycles. The highest BCUT2D eigenvalue weighted by atomic mass is 19.4. The van der Waals surface area contributed by atoms with E-state index < -0.39 is 34.3 Å². The predicted molar refractivity (Wildman–Crippen MR) is 146 cm³/mol. The number of phenolic OH excluding ortho intramolecular Hbond substituents is 1. The van der Waals surface area contributed by atoms with Gasteiger partial charge in [-0.15, -0.1) is 0 Å². The molecular weight excluding hydrogens is 539 g/mol. The molecule has 1 fully saturated rings. The van der Waals surface area contributed by atoms with Crippen LogP contribution < -0.4 is 15.6 Å². The van der Waals surface area contributed by atoms with Crippen LogP contribution in [0.2, 0.25) is 0 Å². The molecule has 0 spiro atoms. The third kappa shape index (κ3) is 5.43. The minimum absolute atomic E-state index is 0.0438. The molecular formula is C29H30F3N5O4. The quantitative estimate of drug-likeness (QED) is 0.324. The van der Waals surface area contributed by atoms with E-state index in [1.807, 2.05) is 27.7 Å². The number of alkyl halides is 3. The third-order valence-corrected chi connectivity index (χ3v) is 7.33. The number of fused-ring (bicyclic) bond motifs is 1. The Kier molecular flexibility index (Phi) is 6.72. The first kappa shape index (κ1) is 28.3. The number of aryl methyl sites for hydroxylation is 1. The molecule has 0 unspecified atom stereocenters. The van der Waals surface area contributed by atoms with Crippen molar-refractivity contribution in [2.24, 2.45) is 7.05 Å². The molecule has 216 valence electrons. The number of aromatic nitrogens is 4. The van der Waals surface area contributed by atoms with Gasteiger partial charge in [0.2, 0.25) is 11.5 Å². The van der Waals surface area contributed by atoms with Crippen molar-refractivity contribution in [2.45, 2.75) is 63.7 Å². The number of carbonyl (C=O) groups excluding carboxylic acids is 1. The summed E-state index contributed by atoms with van der Waals surface area (Å²) < 4.78 is 50.2. The van der Waals surface area contributed by atoms with Crippen LogP contribution in [0.1, 0.15) is 57.7 Å². The van der Waals surface area contributed by atoms with E-state index in [0.29, 0.717) is 18.4 Å². The van der Waals surface area contributed by atoms with Gasteiger partial charge in [0.15, 0.2) is 0 Å². The maximum atomic E-state index is 14.3. The standard InChI is InChI=1S/C29H30F3N5O4/c1-27(2)11-17(12-28(3,4)35-27)23-20(29(30,31)32)13-37-14-21(33-26(37)34-23)19-7-6-16(10-22(19)39)18-8-9-36(5)25(40)24(18)41-15-38/h6-10,13-15,17,35,39H,11-12H2,1-5H3. The molecule has 4 aromatic rings. The SMILES string of the molecule is Cn1ccc(-c2ccc(-c3cn4cc(C(F)(F)F)c(C5CC(C)(C)NC(C)(C)C5)nc4n3)c(O)c2)c(OC=O)c1=O. The van der Waals surface area contributed by atoms with Gasteiger partial charge >= 0.3 is 6.18 Å². The van der Waals surface area contributed by atoms with Crippen molar-refractivity contribution in [3.05, 3.63) is 64.5 Å². The number of hydrogen-bond donors (Lipinski definition) is 2. The number of pyridine rings is 1. The second kappa shape index (κ2) is 9.72. The molecule has 9 nitrogen and oxygen atoms in total. The van der Waals surface area contributed by atoms with Crippen LogP contribution in [0.25, 0.3) is 28.2 Å². The summed E-state index contributed by atoms with van der Waals surface area (Å²) in [6.45, 7) is 8.01. The lowest BCUT2D eigenvalue weighted by atomic mass is 9.74. The van der Waals surface area contributed by atoms with E-state index in [2.05, 4.69) is 15.3 Å². The van der Waals surface area contributed by atoms with Crippen LogP contribution in [0, 0.1) is 0 Å². The van der Waals surface area contributed by atoms with Crippen molar-refractivity contribution in [1.82, 2.24) is 24.3 Å². The van der Waals surface area contributed by atoms with Gasteiger partial charge in [-0.05, 0) is 64.3 Å². The molecule has 0 radical (unpaired) electrons. The van der Waals surface area contributed by atoms with Gasteiger partial charge in [-0.1, -0.05) is 6.07 Å². The number of hydrogen-bond acceptors (Lipinski definition) is 7. The van der Waals surface area contributed by atoms with Crippen LogP contribution in [0.3, 0.4) is 0 Å².